The second kappa shape index (κ2) is 17.6. The summed E-state index contributed by atoms with van der Waals surface area (Å²) in [6.45, 7) is 10.3. The quantitative estimate of drug-likeness (QED) is 0.112. The molecule has 1 saturated heterocycles. The van der Waals surface area contributed by atoms with Crippen LogP contribution in [0.5, 0.6) is 0 Å². The maximum absolute atomic E-state index is 14.2. The van der Waals surface area contributed by atoms with E-state index in [0.717, 1.165) is 25.7 Å². The first-order valence-electron chi connectivity index (χ1n) is 19.5. The lowest BCUT2D eigenvalue weighted by atomic mass is 9.47. The Balaban J connectivity index is 1.77. The normalized spacial score (nSPS) is 29.9. The van der Waals surface area contributed by atoms with Crippen molar-refractivity contribution in [1.29, 1.82) is 0 Å². The van der Waals surface area contributed by atoms with Crippen LogP contribution in [0.4, 0.5) is 0 Å². The molecule has 304 valence electrons. The van der Waals surface area contributed by atoms with Gasteiger partial charge in [0.25, 0.3) is 0 Å². The summed E-state index contributed by atoms with van der Waals surface area (Å²) in [6.07, 6.45) is -2.54. The summed E-state index contributed by atoms with van der Waals surface area (Å²) in [6, 6.07) is 16.3. The molecule has 1 heterocycles. The molecule has 1 aliphatic heterocycles. The van der Waals surface area contributed by atoms with E-state index in [1.54, 1.807) is 81.4 Å². The Morgan fingerprint density at radius 2 is 1.23 bits per heavy atom. The van der Waals surface area contributed by atoms with Gasteiger partial charge < -0.3 is 33.2 Å². The number of carbonyl (C=O) groups is 6. The van der Waals surface area contributed by atoms with Crippen LogP contribution in [0, 0.1) is 17.3 Å². The van der Waals surface area contributed by atoms with Crippen molar-refractivity contribution in [3.05, 3.63) is 71.8 Å². The third-order valence-corrected chi connectivity index (χ3v) is 11.4. The molecule has 2 aromatic rings. The highest BCUT2D eigenvalue weighted by Gasteiger charge is 2.85. The second-order valence-electron chi connectivity index (χ2n) is 15.7. The van der Waals surface area contributed by atoms with Crippen LogP contribution < -0.4 is 0 Å². The van der Waals surface area contributed by atoms with Crippen molar-refractivity contribution < 1.29 is 61.9 Å². The summed E-state index contributed by atoms with van der Waals surface area (Å²) in [4.78, 5) is 81.2. The van der Waals surface area contributed by atoms with Gasteiger partial charge in [0.05, 0.1) is 22.6 Å². The van der Waals surface area contributed by atoms with Crippen molar-refractivity contribution >= 4 is 35.8 Å². The molecule has 13 heteroatoms. The topological polar surface area (TPSA) is 167 Å². The Bertz CT molecular complexity index is 1740. The van der Waals surface area contributed by atoms with E-state index in [2.05, 4.69) is 6.92 Å². The van der Waals surface area contributed by atoms with Gasteiger partial charge in [-0.05, 0) is 56.9 Å². The predicted octanol–water partition coefficient (Wildman–Crippen LogP) is 6.34. The van der Waals surface area contributed by atoms with E-state index in [1.807, 2.05) is 0 Å². The van der Waals surface area contributed by atoms with Crippen LogP contribution >= 0.6 is 0 Å². The molecule has 0 N–H and O–H groups in total. The molecule has 2 aliphatic carbocycles. The average molecular weight is 779 g/mol. The van der Waals surface area contributed by atoms with Crippen LogP contribution in [0.15, 0.2) is 60.7 Å². The molecule has 0 amide bonds. The fraction of sp³-hybridized carbons (Fsp3) is 0.581. The number of rotatable bonds is 15. The number of hydrogen-bond donors (Lipinski definition) is 0. The highest BCUT2D eigenvalue weighted by atomic mass is 16.6. The largest absolute Gasteiger partial charge is 0.465 e. The van der Waals surface area contributed by atoms with Crippen LogP contribution in [-0.2, 0) is 52.3 Å². The number of esters is 6. The van der Waals surface area contributed by atoms with Crippen molar-refractivity contribution in [2.24, 2.45) is 17.3 Å². The van der Waals surface area contributed by atoms with Crippen LogP contribution in [0.2, 0.25) is 0 Å². The van der Waals surface area contributed by atoms with Gasteiger partial charge in [0.1, 0.15) is 35.9 Å². The van der Waals surface area contributed by atoms with E-state index in [1.165, 1.54) is 20.8 Å². The van der Waals surface area contributed by atoms with Crippen LogP contribution in [-0.4, -0.2) is 84.1 Å². The van der Waals surface area contributed by atoms with Crippen molar-refractivity contribution in [1.82, 2.24) is 0 Å². The number of unbranched alkanes of at least 4 members (excludes halogenated alkanes) is 4. The molecule has 0 unspecified atom stereocenters. The number of hydrogen-bond acceptors (Lipinski definition) is 13. The van der Waals surface area contributed by atoms with Gasteiger partial charge in [0.2, 0.25) is 0 Å². The van der Waals surface area contributed by atoms with Crippen LogP contribution in [0.3, 0.4) is 0 Å². The number of fused-ring (bicyclic) bond motifs is 1. The summed E-state index contributed by atoms with van der Waals surface area (Å²) in [5.74, 6) is -6.08. The zero-order valence-electron chi connectivity index (χ0n) is 33.3. The molecule has 9 atom stereocenters. The van der Waals surface area contributed by atoms with E-state index in [-0.39, 0.29) is 24.0 Å². The monoisotopic (exact) mass is 778 g/mol. The predicted molar refractivity (Wildman–Crippen MR) is 200 cm³/mol. The molecule has 2 aromatic carbocycles. The Labute approximate surface area is 328 Å². The molecule has 0 radical (unpaired) electrons. The van der Waals surface area contributed by atoms with Gasteiger partial charge in [-0.25, -0.2) is 9.59 Å². The Morgan fingerprint density at radius 3 is 1.79 bits per heavy atom. The van der Waals surface area contributed by atoms with Gasteiger partial charge in [0.15, 0.2) is 12.2 Å². The standard InChI is InChI=1S/C43H54O13/c1-8-9-10-11-18-23-33(47)53-32-24-26(2)43-37(51-28(4)45)34(41(6,7)56-43)35(54-39(48)30-19-14-12-15-20-30)38(52-29(5)46)42(43,25-50-27(3)44)36(32)55-40(49)31-21-16-13-17-22-31/h12-17,19-22,26,32,34-38H,8-11,18,23-25H2,1-7H3/t26-,32+,34-,35-,36+,37-,38-,42+,43-/m0/s1. The van der Waals surface area contributed by atoms with E-state index in [0.29, 0.717) is 6.42 Å². The third kappa shape index (κ3) is 8.33. The van der Waals surface area contributed by atoms with E-state index in [9.17, 15) is 28.8 Å². The highest BCUT2D eigenvalue weighted by molar-refractivity contribution is 5.90. The minimum absolute atomic E-state index is 0.0396. The summed E-state index contributed by atoms with van der Waals surface area (Å²) >= 11 is 0. The maximum Gasteiger partial charge on any atom is 0.338 e. The van der Waals surface area contributed by atoms with Gasteiger partial charge in [-0.1, -0.05) is 75.9 Å². The SMILES string of the molecule is CCCCCCCC(=O)O[C@@H]1C[C@H](C)[C@@]23OC(C)(C)[C@@H]([C@H](OC(=O)c4ccccc4)[C@H](OC(C)=O)[C@@]2(COC(C)=O)[C@@H]1OC(=O)c1ccccc1)[C@@H]3OC(C)=O. The third-order valence-electron chi connectivity index (χ3n) is 11.4. The van der Waals surface area contributed by atoms with Gasteiger partial charge in [-0.3, -0.25) is 19.2 Å². The van der Waals surface area contributed by atoms with Crippen molar-refractivity contribution in [2.45, 2.75) is 135 Å². The first kappa shape index (κ1) is 42.4. The average Bonchev–Trinajstić information content (AvgIpc) is 3.34. The molecule has 5 rings (SSSR count). The lowest BCUT2D eigenvalue weighted by Gasteiger charge is -2.64. The molecule has 3 fully saturated rings. The molecule has 1 spiro atoms. The van der Waals surface area contributed by atoms with Crippen molar-refractivity contribution in [2.75, 3.05) is 6.61 Å². The molecule has 56 heavy (non-hydrogen) atoms. The molecule has 2 bridgehead atoms. The lowest BCUT2D eigenvalue weighted by Crippen LogP contribution is -2.81. The van der Waals surface area contributed by atoms with E-state index < -0.39 is 101 Å². The number of benzene rings is 2. The van der Waals surface area contributed by atoms with Crippen molar-refractivity contribution in [3.63, 3.8) is 0 Å². The molecular weight excluding hydrogens is 724 g/mol. The fourth-order valence-corrected chi connectivity index (χ4v) is 9.27. The second-order valence-corrected chi connectivity index (χ2v) is 15.7. The van der Waals surface area contributed by atoms with E-state index in [4.69, 9.17) is 33.2 Å². The Kier molecular flexibility index (Phi) is 13.3. The zero-order chi connectivity index (χ0) is 40.8. The molecule has 0 aromatic heterocycles. The van der Waals surface area contributed by atoms with Crippen molar-refractivity contribution in [3.8, 4) is 0 Å². The fourth-order valence-electron chi connectivity index (χ4n) is 9.27. The van der Waals surface area contributed by atoms with Gasteiger partial charge in [-0.15, -0.1) is 0 Å². The molecule has 13 nitrogen and oxygen atoms in total. The van der Waals surface area contributed by atoms with E-state index >= 15 is 0 Å². The first-order valence-corrected chi connectivity index (χ1v) is 19.5. The van der Waals surface area contributed by atoms with Gasteiger partial charge in [0, 0.05) is 27.2 Å². The molecule has 2 saturated carbocycles. The lowest BCUT2D eigenvalue weighted by molar-refractivity contribution is -0.328. The number of carbonyl (C=O) groups excluding carboxylic acids is 6. The highest BCUT2D eigenvalue weighted by Crippen LogP contribution is 2.68. The summed E-state index contributed by atoms with van der Waals surface area (Å²) < 4.78 is 44.5. The Hall–Kier alpha value is -4.78. The zero-order valence-corrected chi connectivity index (χ0v) is 33.3. The van der Waals surface area contributed by atoms with Gasteiger partial charge in [-0.2, -0.15) is 0 Å². The molecular formula is C43H54O13. The number of ether oxygens (including phenoxy) is 7. The minimum atomic E-state index is -2.02. The smallest absolute Gasteiger partial charge is 0.338 e. The summed E-state index contributed by atoms with van der Waals surface area (Å²) in [7, 11) is 0. The maximum atomic E-state index is 14.2. The Morgan fingerprint density at radius 1 is 0.679 bits per heavy atom. The van der Waals surface area contributed by atoms with Gasteiger partial charge >= 0.3 is 35.8 Å². The molecule has 3 aliphatic rings. The minimum Gasteiger partial charge on any atom is -0.465 e. The summed E-state index contributed by atoms with van der Waals surface area (Å²) in [5.41, 5.74) is -4.72. The van der Waals surface area contributed by atoms with Crippen LogP contribution in [0.1, 0.15) is 114 Å². The first-order chi connectivity index (χ1) is 26.6. The van der Waals surface area contributed by atoms with Crippen LogP contribution in [0.25, 0.3) is 0 Å². The summed E-state index contributed by atoms with van der Waals surface area (Å²) in [5, 5.41) is 0.